The molecule has 1 atom stereocenters. The molecule has 9 nitrogen and oxygen atoms in total. The van der Waals surface area contributed by atoms with Crippen LogP contribution in [0.3, 0.4) is 0 Å². The Labute approximate surface area is 283 Å². The van der Waals surface area contributed by atoms with E-state index in [2.05, 4.69) is 20.9 Å². The summed E-state index contributed by atoms with van der Waals surface area (Å²) in [6.45, 7) is 6.21. The molecule has 46 heavy (non-hydrogen) atoms. The number of rotatable bonds is 11. The predicted octanol–water partition coefficient (Wildman–Crippen LogP) is 6.21. The topological polar surface area (TPSA) is 97.6 Å². The van der Waals surface area contributed by atoms with E-state index in [1.54, 1.807) is 51.3 Å². The Morgan fingerprint density at radius 1 is 1.00 bits per heavy atom. The van der Waals surface area contributed by atoms with Crippen LogP contribution >= 0.6 is 38.9 Å². The van der Waals surface area contributed by atoms with Crippen LogP contribution in [-0.2, 0) is 16.1 Å². The Morgan fingerprint density at radius 2 is 1.74 bits per heavy atom. The van der Waals surface area contributed by atoms with Gasteiger partial charge in [0.2, 0.25) is 0 Å². The van der Waals surface area contributed by atoms with Crippen molar-refractivity contribution in [1.82, 2.24) is 4.57 Å². The summed E-state index contributed by atoms with van der Waals surface area (Å²) in [4.78, 5) is 32.6. The van der Waals surface area contributed by atoms with Gasteiger partial charge in [0.25, 0.3) is 5.56 Å². The third kappa shape index (κ3) is 6.72. The molecule has 2 heterocycles. The second-order valence-electron chi connectivity index (χ2n) is 10.1. The summed E-state index contributed by atoms with van der Waals surface area (Å²) >= 11 is 11.2. The van der Waals surface area contributed by atoms with E-state index in [0.29, 0.717) is 65.3 Å². The summed E-state index contributed by atoms with van der Waals surface area (Å²) in [7, 11) is 3.09. The summed E-state index contributed by atoms with van der Waals surface area (Å²) in [6.07, 6.45) is 1.76. The zero-order chi connectivity index (χ0) is 33.0. The molecule has 0 radical (unpaired) electrons. The first-order chi connectivity index (χ1) is 22.2. The number of fused-ring (bicyclic) bond motifs is 1. The summed E-state index contributed by atoms with van der Waals surface area (Å²) in [5.74, 6) is 1.46. The first-order valence-electron chi connectivity index (χ1n) is 14.4. The Morgan fingerprint density at radius 3 is 2.43 bits per heavy atom. The molecule has 0 N–H and O–H groups in total. The van der Waals surface area contributed by atoms with Crippen LogP contribution in [0.4, 0.5) is 0 Å². The Hall–Kier alpha value is -4.06. The maximum absolute atomic E-state index is 14.2. The van der Waals surface area contributed by atoms with E-state index in [1.165, 1.54) is 23.0 Å². The van der Waals surface area contributed by atoms with Crippen LogP contribution in [-0.4, -0.2) is 38.0 Å². The zero-order valence-electron chi connectivity index (χ0n) is 25.9. The number of halogens is 2. The fourth-order valence-corrected chi connectivity index (χ4v) is 6.87. The van der Waals surface area contributed by atoms with E-state index in [1.807, 2.05) is 37.3 Å². The van der Waals surface area contributed by atoms with Gasteiger partial charge in [-0.1, -0.05) is 63.1 Å². The van der Waals surface area contributed by atoms with Crippen molar-refractivity contribution in [2.45, 2.75) is 33.4 Å². The lowest BCUT2D eigenvalue weighted by molar-refractivity contribution is -0.139. The molecule has 12 heteroatoms. The van der Waals surface area contributed by atoms with Gasteiger partial charge in [0.05, 0.1) is 49.3 Å². The molecule has 0 saturated carbocycles. The van der Waals surface area contributed by atoms with E-state index >= 15 is 0 Å². The maximum atomic E-state index is 14.2. The van der Waals surface area contributed by atoms with Crippen molar-refractivity contribution in [2.75, 3.05) is 27.4 Å². The van der Waals surface area contributed by atoms with Crippen molar-refractivity contribution in [3.05, 3.63) is 112 Å². The fourth-order valence-electron chi connectivity index (χ4n) is 5.09. The van der Waals surface area contributed by atoms with Crippen molar-refractivity contribution in [3.63, 3.8) is 0 Å². The van der Waals surface area contributed by atoms with E-state index < -0.39 is 12.0 Å². The first-order valence-corrected chi connectivity index (χ1v) is 16.4. The molecule has 1 aliphatic heterocycles. The molecular formula is C34H32BrClN2O7S. The highest BCUT2D eigenvalue weighted by molar-refractivity contribution is 9.10. The van der Waals surface area contributed by atoms with Gasteiger partial charge in [0.1, 0.15) is 6.61 Å². The van der Waals surface area contributed by atoms with Crippen LogP contribution < -0.4 is 33.8 Å². The molecule has 240 valence electrons. The highest BCUT2D eigenvalue weighted by atomic mass is 79.9. The number of aromatic nitrogens is 1. The Balaban J connectivity index is 1.60. The molecule has 5 rings (SSSR count). The van der Waals surface area contributed by atoms with Crippen molar-refractivity contribution < 1.29 is 28.5 Å². The van der Waals surface area contributed by atoms with Crippen molar-refractivity contribution in [3.8, 4) is 23.0 Å². The molecule has 4 aromatic rings. The van der Waals surface area contributed by atoms with Gasteiger partial charge in [-0.05, 0) is 68.3 Å². The normalized spacial score (nSPS) is 14.4. The molecule has 0 fully saturated rings. The number of methoxy groups -OCH3 is 2. The molecule has 0 spiro atoms. The molecule has 0 saturated heterocycles. The van der Waals surface area contributed by atoms with Crippen molar-refractivity contribution >= 4 is 50.9 Å². The first kappa shape index (κ1) is 33.3. The Bertz CT molecular complexity index is 2000. The van der Waals surface area contributed by atoms with Gasteiger partial charge in [-0.3, -0.25) is 9.36 Å². The second-order valence-corrected chi connectivity index (χ2v) is 12.3. The molecule has 0 unspecified atom stereocenters. The minimum Gasteiger partial charge on any atom is -0.493 e. The summed E-state index contributed by atoms with van der Waals surface area (Å²) in [5, 5.41) is 0.615. The third-order valence-electron chi connectivity index (χ3n) is 7.22. The van der Waals surface area contributed by atoms with Gasteiger partial charge in [0.15, 0.2) is 27.8 Å². The molecule has 1 aromatic heterocycles. The molecule has 0 bridgehead atoms. The van der Waals surface area contributed by atoms with Gasteiger partial charge in [-0.25, -0.2) is 9.79 Å². The summed E-state index contributed by atoms with van der Waals surface area (Å²) in [5.41, 5.74) is 2.58. The second kappa shape index (κ2) is 14.6. The number of esters is 1. The van der Waals surface area contributed by atoms with Crippen LogP contribution in [0.15, 0.2) is 80.1 Å². The summed E-state index contributed by atoms with van der Waals surface area (Å²) in [6, 6.07) is 15.6. The lowest BCUT2D eigenvalue weighted by Crippen LogP contribution is -2.40. The molecule has 3 aromatic carbocycles. The van der Waals surface area contributed by atoms with E-state index in [9.17, 15) is 9.59 Å². The molecular weight excluding hydrogens is 696 g/mol. The highest BCUT2D eigenvalue weighted by Crippen LogP contribution is 2.41. The molecule has 0 amide bonds. The maximum Gasteiger partial charge on any atom is 0.338 e. The van der Waals surface area contributed by atoms with Crippen LogP contribution in [0.5, 0.6) is 23.0 Å². The van der Waals surface area contributed by atoms with Crippen LogP contribution in [0.1, 0.15) is 43.5 Å². The number of hydrogen-bond acceptors (Lipinski definition) is 9. The van der Waals surface area contributed by atoms with Crippen LogP contribution in [0.25, 0.3) is 6.08 Å². The SMILES string of the molecule is CCOC(=O)C1=C(C)N=c2s/c(=C/c3ccc(OCc4ccccc4Cl)c(OC)c3)c(=O)n2[C@@H]1c1cc(OC)c(OCC)cc1Br. The minimum atomic E-state index is -0.841. The highest BCUT2D eigenvalue weighted by Gasteiger charge is 2.35. The minimum absolute atomic E-state index is 0.167. The predicted molar refractivity (Wildman–Crippen MR) is 181 cm³/mol. The van der Waals surface area contributed by atoms with Gasteiger partial charge in [-0.2, -0.15) is 0 Å². The lowest BCUT2D eigenvalue weighted by Gasteiger charge is -2.26. The number of nitrogens with zero attached hydrogens (tertiary/aromatic N) is 2. The average molecular weight is 728 g/mol. The number of hydrogen-bond donors (Lipinski definition) is 0. The van der Waals surface area contributed by atoms with E-state index in [4.69, 9.17) is 35.3 Å². The number of thiazole rings is 1. The quantitative estimate of drug-likeness (QED) is 0.170. The zero-order valence-corrected chi connectivity index (χ0v) is 29.0. The average Bonchev–Trinajstić information content (AvgIpc) is 3.34. The van der Waals surface area contributed by atoms with Crippen LogP contribution in [0, 0.1) is 0 Å². The van der Waals surface area contributed by atoms with Gasteiger partial charge in [0, 0.05) is 15.1 Å². The number of allylic oxidation sites excluding steroid dienone is 1. The van der Waals surface area contributed by atoms with Gasteiger partial charge >= 0.3 is 5.97 Å². The van der Waals surface area contributed by atoms with E-state index in [-0.39, 0.29) is 24.3 Å². The monoisotopic (exact) mass is 726 g/mol. The van der Waals surface area contributed by atoms with Crippen molar-refractivity contribution in [1.29, 1.82) is 0 Å². The number of ether oxygens (including phenoxy) is 5. The largest absolute Gasteiger partial charge is 0.493 e. The van der Waals surface area contributed by atoms with Gasteiger partial charge in [-0.15, -0.1) is 0 Å². The number of carbonyl (C=O) groups is 1. The lowest BCUT2D eigenvalue weighted by atomic mass is 9.95. The summed E-state index contributed by atoms with van der Waals surface area (Å²) < 4.78 is 31.0. The smallest absolute Gasteiger partial charge is 0.338 e. The fraction of sp³-hybridized carbons (Fsp3) is 0.265. The molecule has 0 aliphatic carbocycles. The third-order valence-corrected chi connectivity index (χ3v) is 9.26. The standard InChI is InChI=1S/C34H32BrClN2O7S/c1-6-43-28-17-23(35)22(16-27(28)42-5)31-30(33(40)44-7-2)19(3)37-34-38(31)32(39)29(46-34)15-20-12-13-25(26(14-20)41-4)45-18-21-10-8-9-11-24(21)36/h8-17,31H,6-7,18H2,1-5H3/b29-15+/t31-/m1/s1. The van der Waals surface area contributed by atoms with E-state index in [0.717, 1.165) is 5.56 Å². The number of benzene rings is 3. The Kier molecular flexibility index (Phi) is 10.6. The molecule has 1 aliphatic rings. The van der Waals surface area contributed by atoms with Crippen molar-refractivity contribution in [2.24, 2.45) is 4.99 Å². The van der Waals surface area contributed by atoms with Gasteiger partial charge < -0.3 is 23.7 Å². The number of carbonyl (C=O) groups excluding carboxylic acids is 1. The van der Waals surface area contributed by atoms with Crippen LogP contribution in [0.2, 0.25) is 5.02 Å².